The Hall–Kier alpha value is -0.320. The normalized spacial score (nSPS) is 11.1. The zero-order valence-electron chi connectivity index (χ0n) is 5.04. The Morgan fingerprint density at radius 2 is 2.11 bits per heavy atom. The summed E-state index contributed by atoms with van der Waals surface area (Å²) in [4.78, 5) is 9.65. The summed E-state index contributed by atoms with van der Waals surface area (Å²) >= 11 is 4.64. The summed E-state index contributed by atoms with van der Waals surface area (Å²) in [6.07, 6.45) is 1.47. The van der Waals surface area contributed by atoms with Gasteiger partial charge in [-0.3, -0.25) is 4.79 Å². The molecule has 0 amide bonds. The van der Waals surface area contributed by atoms with Crippen molar-refractivity contribution in [3.8, 4) is 0 Å². The van der Waals surface area contributed by atoms with Crippen molar-refractivity contribution in [1.82, 2.24) is 0 Å². The Balaban J connectivity index is 0. The molecule has 1 atom stereocenters. The first-order valence-electron chi connectivity index (χ1n) is 2.15. The molecule has 0 saturated carbocycles. The maximum absolute atomic E-state index is 9.65. The summed E-state index contributed by atoms with van der Waals surface area (Å²) in [6.45, 7) is -0.505. The van der Waals surface area contributed by atoms with Gasteiger partial charge in [0.05, 0.1) is 6.61 Å². The van der Waals surface area contributed by atoms with E-state index in [-0.39, 0.29) is 0 Å². The highest BCUT2D eigenvalue weighted by atomic mass is 35.5. The fourth-order valence-corrected chi connectivity index (χ4v) is 0.0781. The number of nitrogens with two attached hydrogens (primary N) is 1. The fraction of sp³-hybridized carbons (Fsp3) is 0.750. The third-order valence-corrected chi connectivity index (χ3v) is 0.514. The number of aliphatic hydroxyl groups is 1. The lowest BCUT2D eigenvalue weighted by atomic mass is 10.3. The van der Waals surface area contributed by atoms with Crippen molar-refractivity contribution in [1.29, 1.82) is 0 Å². The lowest BCUT2D eigenvalue weighted by Gasteiger charge is -1.96. The molecule has 5 heteroatoms. The van der Waals surface area contributed by atoms with Crippen LogP contribution in [0.4, 0.5) is 0 Å². The predicted molar refractivity (Wildman–Crippen MR) is 34.5 cm³/mol. The molecular formula is C4H10ClNO3. The van der Waals surface area contributed by atoms with E-state index in [1.165, 1.54) is 6.38 Å². The van der Waals surface area contributed by atoms with E-state index in [9.17, 15) is 4.79 Å². The third-order valence-electron chi connectivity index (χ3n) is 0.514. The Labute approximate surface area is 58.2 Å². The Kier molecular flexibility index (Phi) is 9.79. The molecule has 0 aromatic rings. The molecule has 56 valence electrons. The quantitative estimate of drug-likeness (QED) is 0.458. The molecule has 0 aliphatic rings. The summed E-state index contributed by atoms with van der Waals surface area (Å²) in [7, 11) is 0. The maximum Gasteiger partial charge on any atom is 0.322 e. The van der Waals surface area contributed by atoms with Crippen LogP contribution in [0.15, 0.2) is 0 Å². The highest BCUT2D eigenvalue weighted by Gasteiger charge is 2.06. The van der Waals surface area contributed by atoms with Crippen LogP contribution in [0.5, 0.6) is 0 Å². The van der Waals surface area contributed by atoms with Crippen LogP contribution in [0.25, 0.3) is 0 Å². The average molecular weight is 156 g/mol. The van der Waals surface area contributed by atoms with Crippen LogP contribution in [0, 0.1) is 0 Å². The number of hydrogen-bond donors (Lipinski definition) is 3. The van der Waals surface area contributed by atoms with Gasteiger partial charge in [-0.1, -0.05) is 0 Å². The topological polar surface area (TPSA) is 83.5 Å². The number of halogens is 1. The number of aliphatic hydroxyl groups excluding tert-OH is 1. The molecule has 4 N–H and O–H groups in total. The molecule has 0 saturated heterocycles. The molecular weight excluding hydrogens is 146 g/mol. The van der Waals surface area contributed by atoms with E-state index in [1.807, 2.05) is 0 Å². The Morgan fingerprint density at radius 1 is 1.78 bits per heavy atom. The summed E-state index contributed by atoms with van der Waals surface area (Å²) in [5, 5.41) is 15.9. The van der Waals surface area contributed by atoms with Gasteiger partial charge in [0.15, 0.2) is 0 Å². The highest BCUT2D eigenvalue weighted by Crippen LogP contribution is 1.71. The van der Waals surface area contributed by atoms with Crippen LogP contribution in [-0.4, -0.2) is 35.2 Å². The second kappa shape index (κ2) is 7.68. The van der Waals surface area contributed by atoms with Gasteiger partial charge in [-0.2, -0.15) is 0 Å². The zero-order chi connectivity index (χ0) is 7.86. The smallest absolute Gasteiger partial charge is 0.322 e. The first kappa shape index (κ1) is 11.5. The van der Waals surface area contributed by atoms with Crippen molar-refractivity contribution in [2.24, 2.45) is 5.73 Å². The number of hydrogen-bond acceptors (Lipinski definition) is 3. The fourth-order valence-electron chi connectivity index (χ4n) is 0.0781. The number of alkyl halides is 1. The van der Waals surface area contributed by atoms with Gasteiger partial charge >= 0.3 is 5.97 Å². The van der Waals surface area contributed by atoms with E-state index in [2.05, 4.69) is 11.6 Å². The van der Waals surface area contributed by atoms with Crippen molar-refractivity contribution in [3.63, 3.8) is 0 Å². The Bertz CT molecular complexity index is 78.2. The van der Waals surface area contributed by atoms with Crippen LogP contribution >= 0.6 is 11.6 Å². The molecule has 0 radical (unpaired) electrons. The van der Waals surface area contributed by atoms with Crippen molar-refractivity contribution in [2.75, 3.05) is 13.0 Å². The standard InChI is InChI=1S/C3H7NO3.CH3Cl/c4-2(1-5)3(6)7;1-2/h2,5H,1,4H2,(H,6,7);1H3. The second-order valence-corrected chi connectivity index (χ2v) is 1.13. The molecule has 0 heterocycles. The molecule has 0 spiro atoms. The number of carboxylic acids is 1. The minimum atomic E-state index is -1.18. The third kappa shape index (κ3) is 7.68. The minimum Gasteiger partial charge on any atom is -0.480 e. The van der Waals surface area contributed by atoms with Gasteiger partial charge < -0.3 is 15.9 Å². The highest BCUT2D eigenvalue weighted by molar-refractivity contribution is 6.15. The van der Waals surface area contributed by atoms with Crippen LogP contribution in [0.2, 0.25) is 0 Å². The van der Waals surface area contributed by atoms with Gasteiger partial charge in [0, 0.05) is 6.38 Å². The van der Waals surface area contributed by atoms with E-state index in [4.69, 9.17) is 15.9 Å². The second-order valence-electron chi connectivity index (χ2n) is 1.13. The van der Waals surface area contributed by atoms with E-state index >= 15 is 0 Å². The molecule has 0 aromatic carbocycles. The molecule has 1 unspecified atom stereocenters. The molecule has 0 rings (SSSR count). The van der Waals surface area contributed by atoms with E-state index in [1.54, 1.807) is 0 Å². The van der Waals surface area contributed by atoms with Crippen molar-refractivity contribution in [3.05, 3.63) is 0 Å². The van der Waals surface area contributed by atoms with Crippen LogP contribution in [0.1, 0.15) is 0 Å². The van der Waals surface area contributed by atoms with E-state index < -0.39 is 18.6 Å². The van der Waals surface area contributed by atoms with E-state index in [0.717, 1.165) is 0 Å². The molecule has 0 aromatic heterocycles. The van der Waals surface area contributed by atoms with Gasteiger partial charge in [0.2, 0.25) is 0 Å². The lowest BCUT2D eigenvalue weighted by Crippen LogP contribution is -2.33. The number of aliphatic carboxylic acids is 1. The van der Waals surface area contributed by atoms with Crippen molar-refractivity contribution < 1.29 is 15.0 Å². The zero-order valence-corrected chi connectivity index (χ0v) is 5.80. The molecule has 4 nitrogen and oxygen atoms in total. The lowest BCUT2D eigenvalue weighted by molar-refractivity contribution is -0.139. The predicted octanol–water partition coefficient (Wildman–Crippen LogP) is -0.754. The first-order chi connectivity index (χ1) is 4.18. The van der Waals surface area contributed by atoms with Gasteiger partial charge in [0.25, 0.3) is 0 Å². The van der Waals surface area contributed by atoms with Crippen molar-refractivity contribution in [2.45, 2.75) is 6.04 Å². The SMILES string of the molecule is CCl.NC(CO)C(=O)O. The molecule has 0 fully saturated rings. The molecule has 9 heavy (non-hydrogen) atoms. The number of carbonyl (C=O) groups is 1. The van der Waals surface area contributed by atoms with Gasteiger partial charge in [-0.05, 0) is 0 Å². The largest absolute Gasteiger partial charge is 0.480 e. The molecule has 0 aliphatic heterocycles. The van der Waals surface area contributed by atoms with Gasteiger partial charge in [-0.15, -0.1) is 11.6 Å². The Morgan fingerprint density at radius 3 is 2.11 bits per heavy atom. The number of rotatable bonds is 2. The molecule has 0 aliphatic carbocycles. The molecule has 0 bridgehead atoms. The average Bonchev–Trinajstić information content (AvgIpc) is 1.91. The van der Waals surface area contributed by atoms with Crippen LogP contribution in [0.3, 0.4) is 0 Å². The summed E-state index contributed by atoms with van der Waals surface area (Å²) in [5.41, 5.74) is 4.77. The van der Waals surface area contributed by atoms with E-state index in [0.29, 0.717) is 0 Å². The van der Waals surface area contributed by atoms with Crippen LogP contribution < -0.4 is 5.73 Å². The van der Waals surface area contributed by atoms with Crippen LogP contribution in [-0.2, 0) is 4.79 Å². The number of carboxylic acid groups (broad SMARTS) is 1. The van der Waals surface area contributed by atoms with Gasteiger partial charge in [-0.25, -0.2) is 0 Å². The summed E-state index contributed by atoms with van der Waals surface area (Å²) in [5.74, 6) is -1.18. The minimum absolute atomic E-state index is 0.505. The summed E-state index contributed by atoms with van der Waals surface area (Å²) < 4.78 is 0. The van der Waals surface area contributed by atoms with Gasteiger partial charge in [0.1, 0.15) is 6.04 Å². The first-order valence-corrected chi connectivity index (χ1v) is 2.91. The monoisotopic (exact) mass is 155 g/mol. The van der Waals surface area contributed by atoms with Crippen molar-refractivity contribution >= 4 is 17.6 Å². The maximum atomic E-state index is 9.65. The summed E-state index contributed by atoms with van der Waals surface area (Å²) in [6, 6.07) is -1.13.